The third kappa shape index (κ3) is 4.64. The Morgan fingerprint density at radius 1 is 1.04 bits per heavy atom. The maximum Gasteiger partial charge on any atom is 0.274 e. The lowest BCUT2D eigenvalue weighted by molar-refractivity contribution is 0.0779. The smallest absolute Gasteiger partial charge is 0.274 e. The van der Waals surface area contributed by atoms with Crippen molar-refractivity contribution in [2.45, 2.75) is 6.54 Å². The predicted octanol–water partition coefficient (Wildman–Crippen LogP) is 4.25. The van der Waals surface area contributed by atoms with E-state index in [1.807, 2.05) is 54.6 Å². The number of carbonyl (C=O) groups is 1. The Kier molecular flexibility index (Phi) is 5.40. The van der Waals surface area contributed by atoms with Crippen LogP contribution in [0.3, 0.4) is 0 Å². The molecule has 0 aliphatic rings. The average Bonchev–Trinajstić information content (AvgIpc) is 2.64. The fraction of sp³-hybridized carbons (Fsp3) is 0.105. The summed E-state index contributed by atoms with van der Waals surface area (Å²) in [6.07, 6.45) is 3.05. The van der Waals surface area contributed by atoms with E-state index in [1.54, 1.807) is 18.1 Å². The Labute approximate surface area is 154 Å². The molecule has 0 aliphatic carbocycles. The third-order valence-corrected chi connectivity index (χ3v) is 4.13. The summed E-state index contributed by atoms with van der Waals surface area (Å²) < 4.78 is 1.01. The minimum absolute atomic E-state index is 0.161. The van der Waals surface area contributed by atoms with Gasteiger partial charge in [0.15, 0.2) is 0 Å². The van der Waals surface area contributed by atoms with E-state index in [1.165, 1.54) is 6.20 Å². The van der Waals surface area contributed by atoms with Gasteiger partial charge < -0.3 is 10.2 Å². The summed E-state index contributed by atoms with van der Waals surface area (Å²) in [6.45, 7) is 0.528. The number of benzene rings is 2. The third-order valence-electron chi connectivity index (χ3n) is 3.60. The van der Waals surface area contributed by atoms with Crippen LogP contribution in [0.1, 0.15) is 16.1 Å². The zero-order chi connectivity index (χ0) is 17.6. The Morgan fingerprint density at radius 3 is 2.40 bits per heavy atom. The first kappa shape index (κ1) is 17.1. The molecule has 0 unspecified atom stereocenters. The van der Waals surface area contributed by atoms with Gasteiger partial charge in [0.2, 0.25) is 0 Å². The Balaban J connectivity index is 1.64. The summed E-state index contributed by atoms with van der Waals surface area (Å²) in [7, 11) is 1.75. The van der Waals surface area contributed by atoms with Crippen molar-refractivity contribution >= 4 is 33.3 Å². The van der Waals surface area contributed by atoms with Crippen LogP contribution in [0.4, 0.5) is 11.5 Å². The largest absolute Gasteiger partial charge is 0.339 e. The van der Waals surface area contributed by atoms with Crippen molar-refractivity contribution in [3.63, 3.8) is 0 Å². The Morgan fingerprint density at radius 2 is 1.76 bits per heavy atom. The molecule has 0 fully saturated rings. The van der Waals surface area contributed by atoms with E-state index in [2.05, 4.69) is 31.2 Å². The first-order chi connectivity index (χ1) is 12.1. The van der Waals surface area contributed by atoms with Gasteiger partial charge in [-0.15, -0.1) is 0 Å². The van der Waals surface area contributed by atoms with Crippen LogP contribution in [0, 0.1) is 0 Å². The maximum atomic E-state index is 12.5. The topological polar surface area (TPSA) is 58.1 Å². The first-order valence-corrected chi connectivity index (χ1v) is 8.55. The van der Waals surface area contributed by atoms with Crippen LogP contribution in [0.2, 0.25) is 0 Å². The highest BCUT2D eigenvalue weighted by molar-refractivity contribution is 9.10. The van der Waals surface area contributed by atoms with Crippen molar-refractivity contribution in [2.24, 2.45) is 0 Å². The zero-order valence-electron chi connectivity index (χ0n) is 13.7. The molecule has 0 bridgehead atoms. The minimum Gasteiger partial charge on any atom is -0.339 e. The van der Waals surface area contributed by atoms with Gasteiger partial charge in [-0.05, 0) is 29.8 Å². The highest BCUT2D eigenvalue weighted by Gasteiger charge is 2.14. The van der Waals surface area contributed by atoms with Crippen molar-refractivity contribution in [3.8, 4) is 0 Å². The Hall–Kier alpha value is -2.73. The van der Waals surface area contributed by atoms with Crippen molar-refractivity contribution in [2.75, 3.05) is 12.4 Å². The van der Waals surface area contributed by atoms with Crippen molar-refractivity contribution in [1.29, 1.82) is 0 Å². The van der Waals surface area contributed by atoms with Gasteiger partial charge in [0.05, 0.1) is 12.4 Å². The molecule has 25 heavy (non-hydrogen) atoms. The highest BCUT2D eigenvalue weighted by Crippen LogP contribution is 2.17. The number of rotatable bonds is 5. The summed E-state index contributed by atoms with van der Waals surface area (Å²) >= 11 is 3.40. The van der Waals surface area contributed by atoms with Gasteiger partial charge in [-0.25, -0.2) is 9.97 Å². The number of nitrogens with one attached hydrogen (secondary N) is 1. The first-order valence-electron chi connectivity index (χ1n) is 7.76. The van der Waals surface area contributed by atoms with E-state index in [0.29, 0.717) is 18.1 Å². The van der Waals surface area contributed by atoms with Gasteiger partial charge in [-0.1, -0.05) is 46.3 Å². The van der Waals surface area contributed by atoms with E-state index in [0.717, 1.165) is 15.7 Å². The molecule has 0 atom stereocenters. The number of hydrogen-bond donors (Lipinski definition) is 1. The molecular formula is C19H17BrN4O. The molecule has 5 nitrogen and oxygen atoms in total. The number of anilines is 2. The van der Waals surface area contributed by atoms with E-state index in [4.69, 9.17) is 0 Å². The quantitative estimate of drug-likeness (QED) is 0.699. The van der Waals surface area contributed by atoms with Gasteiger partial charge in [0.25, 0.3) is 5.91 Å². The van der Waals surface area contributed by atoms with E-state index >= 15 is 0 Å². The van der Waals surface area contributed by atoms with Crippen molar-refractivity contribution in [3.05, 3.63) is 82.7 Å². The zero-order valence-corrected chi connectivity index (χ0v) is 15.3. The summed E-state index contributed by atoms with van der Waals surface area (Å²) in [5.41, 5.74) is 2.29. The number of aromatic nitrogens is 2. The number of hydrogen-bond acceptors (Lipinski definition) is 4. The molecule has 3 aromatic rings. The molecule has 1 aromatic heterocycles. The van der Waals surface area contributed by atoms with Crippen LogP contribution in [-0.2, 0) is 6.54 Å². The summed E-state index contributed by atoms with van der Waals surface area (Å²) in [5, 5.41) is 3.15. The molecular weight excluding hydrogens is 380 g/mol. The molecule has 1 N–H and O–H groups in total. The normalized spacial score (nSPS) is 10.3. The molecule has 0 aliphatic heterocycles. The second-order valence-corrected chi connectivity index (χ2v) is 6.48. The van der Waals surface area contributed by atoms with Crippen LogP contribution < -0.4 is 5.32 Å². The van der Waals surface area contributed by atoms with Crippen LogP contribution >= 0.6 is 15.9 Å². The second-order valence-electron chi connectivity index (χ2n) is 5.57. The monoisotopic (exact) mass is 396 g/mol. The number of nitrogens with zero attached hydrogens (tertiary/aromatic N) is 3. The lowest BCUT2D eigenvalue weighted by Crippen LogP contribution is -2.27. The number of amides is 1. The molecule has 1 amide bonds. The summed E-state index contributed by atoms with van der Waals surface area (Å²) in [4.78, 5) is 22.6. The van der Waals surface area contributed by atoms with Gasteiger partial charge in [0.1, 0.15) is 11.5 Å². The molecule has 0 spiro atoms. The van der Waals surface area contributed by atoms with Gasteiger partial charge in [-0.3, -0.25) is 4.79 Å². The molecule has 0 saturated carbocycles. The van der Waals surface area contributed by atoms with Crippen molar-refractivity contribution < 1.29 is 4.79 Å². The molecule has 126 valence electrons. The molecule has 2 aromatic carbocycles. The summed E-state index contributed by atoms with van der Waals surface area (Å²) in [6, 6.07) is 17.6. The SMILES string of the molecule is CN(Cc1ccccc1)C(=O)c1cnc(Nc2ccc(Br)cc2)cn1. The minimum atomic E-state index is -0.161. The standard InChI is InChI=1S/C19H17BrN4O/c1-24(13-14-5-3-2-4-6-14)19(25)17-11-22-18(12-21-17)23-16-9-7-15(20)8-10-16/h2-12H,13H2,1H3,(H,22,23). The van der Waals surface area contributed by atoms with Crippen LogP contribution in [0.5, 0.6) is 0 Å². The highest BCUT2D eigenvalue weighted by atomic mass is 79.9. The van der Waals surface area contributed by atoms with E-state index in [-0.39, 0.29) is 5.91 Å². The van der Waals surface area contributed by atoms with E-state index in [9.17, 15) is 4.79 Å². The molecule has 0 radical (unpaired) electrons. The maximum absolute atomic E-state index is 12.5. The Bertz CT molecular complexity index is 836. The fourth-order valence-electron chi connectivity index (χ4n) is 2.31. The van der Waals surface area contributed by atoms with Gasteiger partial charge >= 0.3 is 0 Å². The molecule has 1 heterocycles. The van der Waals surface area contributed by atoms with Crippen LogP contribution in [-0.4, -0.2) is 27.8 Å². The fourth-order valence-corrected chi connectivity index (χ4v) is 2.57. The molecule has 3 rings (SSSR count). The van der Waals surface area contributed by atoms with Crippen LogP contribution in [0.25, 0.3) is 0 Å². The van der Waals surface area contributed by atoms with Gasteiger partial charge in [-0.2, -0.15) is 0 Å². The predicted molar refractivity (Wildman–Crippen MR) is 102 cm³/mol. The number of carbonyl (C=O) groups excluding carboxylic acids is 1. The van der Waals surface area contributed by atoms with Crippen molar-refractivity contribution in [1.82, 2.24) is 14.9 Å². The lowest BCUT2D eigenvalue weighted by Gasteiger charge is -2.16. The van der Waals surface area contributed by atoms with E-state index < -0.39 is 0 Å². The summed E-state index contributed by atoms with van der Waals surface area (Å²) in [5.74, 6) is 0.427. The molecule has 0 saturated heterocycles. The van der Waals surface area contributed by atoms with Gasteiger partial charge in [0, 0.05) is 23.8 Å². The number of halogens is 1. The second kappa shape index (κ2) is 7.90. The van der Waals surface area contributed by atoms with Crippen LogP contribution in [0.15, 0.2) is 71.5 Å². The molecule has 6 heteroatoms. The lowest BCUT2D eigenvalue weighted by atomic mass is 10.2. The average molecular weight is 397 g/mol.